The average molecular weight is 201 g/mol. The van der Waals surface area contributed by atoms with Crippen LogP contribution in [0.2, 0.25) is 0 Å². The molecule has 0 heterocycles. The highest BCUT2D eigenvalue weighted by Gasteiger charge is 2.11. The van der Waals surface area contributed by atoms with Crippen molar-refractivity contribution in [2.24, 2.45) is 5.92 Å². The van der Waals surface area contributed by atoms with E-state index in [2.05, 4.69) is 24.3 Å². The van der Waals surface area contributed by atoms with Crippen molar-refractivity contribution in [1.82, 2.24) is 0 Å². The predicted molar refractivity (Wildman–Crippen MR) is 64.8 cm³/mol. The van der Waals surface area contributed by atoms with Crippen molar-refractivity contribution >= 4 is 0 Å². The van der Waals surface area contributed by atoms with E-state index in [-0.39, 0.29) is 0 Å². The summed E-state index contributed by atoms with van der Waals surface area (Å²) in [6.07, 6.45) is 11.4. The summed E-state index contributed by atoms with van der Waals surface area (Å²) in [6, 6.07) is 11.8. The Morgan fingerprint density at radius 2 is 1.73 bits per heavy atom. The quantitative estimate of drug-likeness (QED) is 0.665. The molecule has 2 rings (SSSR count). The molecule has 0 spiro atoms. The molecule has 1 fully saturated rings. The van der Waals surface area contributed by atoms with E-state index in [0.29, 0.717) is 0 Å². The Hall–Kier alpha value is -0.780. The monoisotopic (exact) mass is 201 g/mol. The maximum atomic E-state index is 3.35. The van der Waals surface area contributed by atoms with Crippen molar-refractivity contribution in [1.29, 1.82) is 0 Å². The lowest BCUT2D eigenvalue weighted by Crippen LogP contribution is -2.07. The first kappa shape index (κ1) is 10.7. The van der Waals surface area contributed by atoms with E-state index >= 15 is 0 Å². The first-order chi connectivity index (χ1) is 7.45. The fourth-order valence-electron chi connectivity index (χ4n) is 2.61. The van der Waals surface area contributed by atoms with Gasteiger partial charge in [0.05, 0.1) is 0 Å². The van der Waals surface area contributed by atoms with Crippen LogP contribution in [-0.4, -0.2) is 0 Å². The van der Waals surface area contributed by atoms with Crippen LogP contribution < -0.4 is 0 Å². The number of hydrogen-bond acceptors (Lipinski definition) is 0. The minimum Gasteiger partial charge on any atom is -0.0620 e. The van der Waals surface area contributed by atoms with Gasteiger partial charge < -0.3 is 0 Å². The highest BCUT2D eigenvalue weighted by molar-refractivity contribution is 5.13. The van der Waals surface area contributed by atoms with Gasteiger partial charge in [-0.15, -0.1) is 0 Å². The van der Waals surface area contributed by atoms with Crippen molar-refractivity contribution in [3.05, 3.63) is 35.9 Å². The second-order valence-corrected chi connectivity index (χ2v) is 4.80. The van der Waals surface area contributed by atoms with Crippen LogP contribution in [0.3, 0.4) is 0 Å². The van der Waals surface area contributed by atoms with Gasteiger partial charge in [0.25, 0.3) is 0 Å². The van der Waals surface area contributed by atoms with Crippen LogP contribution in [0.1, 0.15) is 50.5 Å². The van der Waals surface area contributed by atoms with Gasteiger partial charge in [-0.25, -0.2) is 0 Å². The van der Waals surface area contributed by atoms with Crippen LogP contribution in [0, 0.1) is 12.0 Å². The number of benzene rings is 1. The first-order valence-corrected chi connectivity index (χ1v) is 6.41. The molecule has 0 heteroatoms. The molecule has 0 aliphatic heterocycles. The van der Waals surface area contributed by atoms with E-state index in [1.807, 2.05) is 6.07 Å². The minimum atomic E-state index is 0.920. The van der Waals surface area contributed by atoms with Crippen LogP contribution >= 0.6 is 0 Å². The fourth-order valence-corrected chi connectivity index (χ4v) is 2.61. The maximum absolute atomic E-state index is 3.35. The Morgan fingerprint density at radius 1 is 1.00 bits per heavy atom. The molecule has 1 aromatic rings. The molecule has 0 N–H and O–H groups in total. The summed E-state index contributed by atoms with van der Waals surface area (Å²) in [5.74, 6) is 0.920. The van der Waals surface area contributed by atoms with Gasteiger partial charge in [0.15, 0.2) is 0 Å². The summed E-state index contributed by atoms with van der Waals surface area (Å²) >= 11 is 0. The molecule has 0 atom stereocenters. The summed E-state index contributed by atoms with van der Waals surface area (Å²) in [6.45, 7) is 0. The third-order valence-electron chi connectivity index (χ3n) is 3.51. The zero-order valence-electron chi connectivity index (χ0n) is 9.54. The largest absolute Gasteiger partial charge is 0.0620 e. The molecule has 1 aliphatic carbocycles. The van der Waals surface area contributed by atoms with Gasteiger partial charge in [-0.3, -0.25) is 0 Å². The Morgan fingerprint density at radius 3 is 2.40 bits per heavy atom. The minimum absolute atomic E-state index is 0.920. The van der Waals surface area contributed by atoms with Gasteiger partial charge in [0.2, 0.25) is 0 Å². The molecule has 0 unspecified atom stereocenters. The molecule has 15 heavy (non-hydrogen) atoms. The smallest absolute Gasteiger partial charge is 0.0149 e. The van der Waals surface area contributed by atoms with Crippen molar-refractivity contribution in [2.75, 3.05) is 0 Å². The lowest BCUT2D eigenvalue weighted by atomic mass is 9.87. The highest BCUT2D eigenvalue weighted by atomic mass is 14.2. The molecule has 0 nitrogen and oxygen atoms in total. The van der Waals surface area contributed by atoms with Gasteiger partial charge in [0.1, 0.15) is 0 Å². The van der Waals surface area contributed by atoms with Crippen molar-refractivity contribution in [3.63, 3.8) is 0 Å². The maximum Gasteiger partial charge on any atom is -0.0149 e. The predicted octanol–water partition coefficient (Wildman–Crippen LogP) is 4.39. The van der Waals surface area contributed by atoms with E-state index in [9.17, 15) is 0 Å². The zero-order valence-corrected chi connectivity index (χ0v) is 9.54. The van der Waals surface area contributed by atoms with E-state index in [1.165, 1.54) is 56.9 Å². The summed E-state index contributed by atoms with van der Waals surface area (Å²) in [5, 5.41) is 0. The lowest BCUT2D eigenvalue weighted by Gasteiger charge is -2.19. The van der Waals surface area contributed by atoms with E-state index < -0.39 is 0 Å². The van der Waals surface area contributed by atoms with Gasteiger partial charge in [-0.1, -0.05) is 69.2 Å². The molecular formula is C15H21. The molecule has 1 radical (unpaired) electrons. The number of rotatable bonds is 2. The van der Waals surface area contributed by atoms with Crippen molar-refractivity contribution in [2.45, 2.75) is 51.4 Å². The average Bonchev–Trinajstić information content (AvgIpc) is 2.23. The van der Waals surface area contributed by atoms with Crippen molar-refractivity contribution in [3.8, 4) is 0 Å². The third-order valence-corrected chi connectivity index (χ3v) is 3.51. The van der Waals surface area contributed by atoms with Crippen LogP contribution in [0.5, 0.6) is 0 Å². The standard InChI is InChI=1S/C15H21/c1-2-5-9-14(10-6-3-1)13-15-11-7-4-8-12-15/h4,7-8,11,14H,1-3,5-6,9-10,13H2. The summed E-state index contributed by atoms with van der Waals surface area (Å²) in [7, 11) is 0. The molecular weight excluding hydrogens is 180 g/mol. The van der Waals surface area contributed by atoms with Crippen LogP contribution in [0.4, 0.5) is 0 Å². The fraction of sp³-hybridized carbons (Fsp3) is 0.600. The Balaban J connectivity index is 1.86. The first-order valence-electron chi connectivity index (χ1n) is 6.41. The van der Waals surface area contributed by atoms with Crippen LogP contribution in [-0.2, 0) is 6.42 Å². The normalized spacial score (nSPS) is 19.5. The van der Waals surface area contributed by atoms with E-state index in [0.717, 1.165) is 5.92 Å². The van der Waals surface area contributed by atoms with Crippen LogP contribution in [0.25, 0.3) is 0 Å². The Labute approximate surface area is 93.7 Å². The van der Waals surface area contributed by atoms with Crippen molar-refractivity contribution < 1.29 is 0 Å². The van der Waals surface area contributed by atoms with Gasteiger partial charge in [-0.2, -0.15) is 0 Å². The van der Waals surface area contributed by atoms with Crippen LogP contribution in [0.15, 0.2) is 24.3 Å². The molecule has 81 valence electrons. The van der Waals surface area contributed by atoms with Gasteiger partial charge in [0, 0.05) is 0 Å². The molecule has 1 aliphatic rings. The summed E-state index contributed by atoms with van der Waals surface area (Å²) in [4.78, 5) is 0. The molecule has 0 amide bonds. The highest BCUT2D eigenvalue weighted by Crippen LogP contribution is 2.25. The van der Waals surface area contributed by atoms with E-state index in [4.69, 9.17) is 0 Å². The second-order valence-electron chi connectivity index (χ2n) is 4.80. The molecule has 0 saturated heterocycles. The topological polar surface area (TPSA) is 0 Å². The zero-order chi connectivity index (χ0) is 10.3. The van der Waals surface area contributed by atoms with E-state index in [1.54, 1.807) is 0 Å². The number of hydrogen-bond donors (Lipinski definition) is 0. The SMILES string of the molecule is [c]1ccccc1CC1CCCCCCC1. The van der Waals surface area contributed by atoms with Gasteiger partial charge >= 0.3 is 0 Å². The summed E-state index contributed by atoms with van der Waals surface area (Å²) < 4.78 is 0. The Kier molecular flexibility index (Phi) is 4.25. The summed E-state index contributed by atoms with van der Waals surface area (Å²) in [5.41, 5.74) is 1.41. The molecule has 0 aromatic heterocycles. The third kappa shape index (κ3) is 3.70. The lowest BCUT2D eigenvalue weighted by molar-refractivity contribution is 0.376. The van der Waals surface area contributed by atoms with Gasteiger partial charge in [-0.05, 0) is 24.0 Å². The molecule has 0 bridgehead atoms. The Bertz CT molecular complexity index is 255. The molecule has 1 saturated carbocycles. The molecule has 1 aromatic carbocycles. The second kappa shape index (κ2) is 5.95.